The molecule has 0 N–H and O–H groups in total. The average Bonchev–Trinajstić information content (AvgIpc) is 2.53. The lowest BCUT2D eigenvalue weighted by Gasteiger charge is -2.13. The second-order valence-corrected chi connectivity index (χ2v) is 3.95. The summed E-state index contributed by atoms with van der Waals surface area (Å²) in [5, 5.41) is 0. The second kappa shape index (κ2) is 3.88. The van der Waals surface area contributed by atoms with Crippen molar-refractivity contribution in [3.05, 3.63) is 30.1 Å². The van der Waals surface area contributed by atoms with Gasteiger partial charge in [-0.25, -0.2) is 0 Å². The van der Waals surface area contributed by atoms with Crippen molar-refractivity contribution in [1.82, 2.24) is 9.88 Å². The van der Waals surface area contributed by atoms with Crippen LogP contribution in [-0.4, -0.2) is 23.0 Å². The molecular formula is C11H16N2. The number of pyridine rings is 1. The maximum absolute atomic E-state index is 4.33. The average molecular weight is 176 g/mol. The summed E-state index contributed by atoms with van der Waals surface area (Å²) in [6, 6.07) is 6.13. The third kappa shape index (κ3) is 2.28. The lowest BCUT2D eigenvalue weighted by Crippen LogP contribution is -2.20. The van der Waals surface area contributed by atoms with Crippen LogP contribution < -0.4 is 0 Å². The summed E-state index contributed by atoms with van der Waals surface area (Å²) in [7, 11) is 0. The molecule has 0 radical (unpaired) electrons. The molecule has 0 spiro atoms. The zero-order valence-electron chi connectivity index (χ0n) is 8.11. The Balaban J connectivity index is 1.92. The van der Waals surface area contributed by atoms with Gasteiger partial charge in [0.1, 0.15) is 0 Å². The van der Waals surface area contributed by atoms with Crippen LogP contribution in [0, 0.1) is 5.92 Å². The van der Waals surface area contributed by atoms with Gasteiger partial charge in [-0.05, 0) is 31.0 Å². The fourth-order valence-electron chi connectivity index (χ4n) is 1.89. The SMILES string of the molecule is CC1CCN(Cc2ccccn2)C1. The van der Waals surface area contributed by atoms with Crippen molar-refractivity contribution in [3.63, 3.8) is 0 Å². The first-order valence-corrected chi connectivity index (χ1v) is 4.97. The number of hydrogen-bond donors (Lipinski definition) is 0. The van der Waals surface area contributed by atoms with Crippen LogP contribution in [-0.2, 0) is 6.54 Å². The van der Waals surface area contributed by atoms with Gasteiger partial charge < -0.3 is 0 Å². The molecule has 0 aromatic carbocycles. The highest BCUT2D eigenvalue weighted by Gasteiger charge is 2.18. The maximum atomic E-state index is 4.33. The van der Waals surface area contributed by atoms with Gasteiger partial charge in [0, 0.05) is 19.3 Å². The molecule has 1 aromatic rings. The summed E-state index contributed by atoms with van der Waals surface area (Å²) in [5.74, 6) is 0.865. The van der Waals surface area contributed by atoms with E-state index >= 15 is 0 Å². The Kier molecular flexibility index (Phi) is 2.60. The summed E-state index contributed by atoms with van der Waals surface area (Å²) in [6.45, 7) is 5.80. The molecule has 1 unspecified atom stereocenters. The predicted molar refractivity (Wildman–Crippen MR) is 53.3 cm³/mol. The topological polar surface area (TPSA) is 16.1 Å². The van der Waals surface area contributed by atoms with Crippen molar-refractivity contribution in [2.45, 2.75) is 19.9 Å². The van der Waals surface area contributed by atoms with Crippen molar-refractivity contribution >= 4 is 0 Å². The lowest BCUT2D eigenvalue weighted by atomic mass is 10.2. The van der Waals surface area contributed by atoms with Gasteiger partial charge in [-0.3, -0.25) is 9.88 Å². The van der Waals surface area contributed by atoms with E-state index in [1.807, 2.05) is 12.3 Å². The van der Waals surface area contributed by atoms with Crippen molar-refractivity contribution in [2.75, 3.05) is 13.1 Å². The fourth-order valence-corrected chi connectivity index (χ4v) is 1.89. The van der Waals surface area contributed by atoms with Crippen LogP contribution in [0.3, 0.4) is 0 Å². The van der Waals surface area contributed by atoms with Gasteiger partial charge in [0.05, 0.1) is 5.69 Å². The molecule has 1 aliphatic heterocycles. The first-order valence-electron chi connectivity index (χ1n) is 4.97. The number of hydrogen-bond acceptors (Lipinski definition) is 2. The van der Waals surface area contributed by atoms with Gasteiger partial charge in [0.2, 0.25) is 0 Å². The molecular weight excluding hydrogens is 160 g/mol. The zero-order chi connectivity index (χ0) is 9.10. The molecule has 2 rings (SSSR count). The van der Waals surface area contributed by atoms with Gasteiger partial charge in [-0.1, -0.05) is 13.0 Å². The van der Waals surface area contributed by atoms with E-state index in [9.17, 15) is 0 Å². The van der Waals surface area contributed by atoms with Gasteiger partial charge in [0.25, 0.3) is 0 Å². The number of rotatable bonds is 2. The highest BCUT2D eigenvalue weighted by molar-refractivity contribution is 5.03. The van der Waals surface area contributed by atoms with Crippen LogP contribution in [0.2, 0.25) is 0 Å². The van der Waals surface area contributed by atoms with E-state index in [0.717, 1.165) is 12.5 Å². The lowest BCUT2D eigenvalue weighted by molar-refractivity contribution is 0.316. The molecule has 0 amide bonds. The molecule has 0 aliphatic carbocycles. The van der Waals surface area contributed by atoms with Crippen LogP contribution in [0.15, 0.2) is 24.4 Å². The molecule has 1 aromatic heterocycles. The Hall–Kier alpha value is -0.890. The molecule has 1 aliphatic rings. The van der Waals surface area contributed by atoms with Crippen molar-refractivity contribution in [3.8, 4) is 0 Å². The van der Waals surface area contributed by atoms with Gasteiger partial charge in [0.15, 0.2) is 0 Å². The second-order valence-electron chi connectivity index (χ2n) is 3.95. The van der Waals surface area contributed by atoms with Gasteiger partial charge in [-0.15, -0.1) is 0 Å². The van der Waals surface area contributed by atoms with Crippen molar-refractivity contribution in [1.29, 1.82) is 0 Å². The molecule has 2 nitrogen and oxygen atoms in total. The molecule has 13 heavy (non-hydrogen) atoms. The van der Waals surface area contributed by atoms with E-state index in [4.69, 9.17) is 0 Å². The van der Waals surface area contributed by atoms with Crippen molar-refractivity contribution < 1.29 is 0 Å². The zero-order valence-corrected chi connectivity index (χ0v) is 8.11. The van der Waals surface area contributed by atoms with E-state index in [0.29, 0.717) is 0 Å². The molecule has 0 saturated carbocycles. The normalized spacial score (nSPS) is 23.6. The monoisotopic (exact) mass is 176 g/mol. The molecule has 1 saturated heterocycles. The quantitative estimate of drug-likeness (QED) is 0.684. The Morgan fingerprint density at radius 3 is 3.08 bits per heavy atom. The fraction of sp³-hybridized carbons (Fsp3) is 0.545. The van der Waals surface area contributed by atoms with Crippen LogP contribution in [0.4, 0.5) is 0 Å². The minimum absolute atomic E-state index is 0.865. The maximum Gasteiger partial charge on any atom is 0.0543 e. The largest absolute Gasteiger partial charge is 0.297 e. The number of nitrogens with zero attached hydrogens (tertiary/aromatic N) is 2. The van der Waals surface area contributed by atoms with E-state index in [2.05, 4.69) is 28.9 Å². The van der Waals surface area contributed by atoms with Crippen LogP contribution in [0.1, 0.15) is 19.0 Å². The van der Waals surface area contributed by atoms with Crippen molar-refractivity contribution in [2.24, 2.45) is 5.92 Å². The molecule has 2 heterocycles. The molecule has 0 bridgehead atoms. The Morgan fingerprint density at radius 1 is 1.54 bits per heavy atom. The summed E-state index contributed by atoms with van der Waals surface area (Å²) in [5.41, 5.74) is 1.19. The summed E-state index contributed by atoms with van der Waals surface area (Å²) < 4.78 is 0. The summed E-state index contributed by atoms with van der Waals surface area (Å²) in [4.78, 5) is 6.80. The highest BCUT2D eigenvalue weighted by atomic mass is 15.1. The summed E-state index contributed by atoms with van der Waals surface area (Å²) >= 11 is 0. The van der Waals surface area contributed by atoms with Gasteiger partial charge >= 0.3 is 0 Å². The van der Waals surface area contributed by atoms with E-state index in [1.54, 1.807) is 0 Å². The summed E-state index contributed by atoms with van der Waals surface area (Å²) in [6.07, 6.45) is 3.21. The third-order valence-corrected chi connectivity index (χ3v) is 2.62. The smallest absolute Gasteiger partial charge is 0.0543 e. The van der Waals surface area contributed by atoms with E-state index in [1.165, 1.54) is 25.2 Å². The highest BCUT2D eigenvalue weighted by Crippen LogP contribution is 2.16. The van der Waals surface area contributed by atoms with Gasteiger partial charge in [-0.2, -0.15) is 0 Å². The van der Waals surface area contributed by atoms with Crippen LogP contribution in [0.5, 0.6) is 0 Å². The molecule has 2 heteroatoms. The predicted octanol–water partition coefficient (Wildman–Crippen LogP) is 1.92. The Bertz CT molecular complexity index is 258. The molecule has 1 atom stereocenters. The van der Waals surface area contributed by atoms with E-state index in [-0.39, 0.29) is 0 Å². The standard InChI is InChI=1S/C11H16N2/c1-10-5-7-13(8-10)9-11-4-2-3-6-12-11/h2-4,6,10H,5,7-9H2,1H3. The minimum Gasteiger partial charge on any atom is -0.297 e. The first-order chi connectivity index (χ1) is 6.34. The van der Waals surface area contributed by atoms with Crippen LogP contribution >= 0.6 is 0 Å². The molecule has 70 valence electrons. The Morgan fingerprint density at radius 2 is 2.46 bits per heavy atom. The first kappa shape index (κ1) is 8.70. The number of aromatic nitrogens is 1. The third-order valence-electron chi connectivity index (χ3n) is 2.62. The van der Waals surface area contributed by atoms with E-state index < -0.39 is 0 Å². The Labute approximate surface area is 79.6 Å². The minimum atomic E-state index is 0.865. The number of likely N-dealkylation sites (tertiary alicyclic amines) is 1. The van der Waals surface area contributed by atoms with Crippen LogP contribution in [0.25, 0.3) is 0 Å². The molecule has 1 fully saturated rings.